The number of hydrogen-bond donors (Lipinski definition) is 0. The van der Waals surface area contributed by atoms with Crippen molar-refractivity contribution in [3.63, 3.8) is 0 Å². The van der Waals surface area contributed by atoms with Crippen molar-refractivity contribution in [1.29, 1.82) is 0 Å². The van der Waals surface area contributed by atoms with Crippen LogP contribution in [0.4, 0.5) is 0 Å². The van der Waals surface area contributed by atoms with Crippen LogP contribution in [0, 0.1) is 0 Å². The van der Waals surface area contributed by atoms with Crippen molar-refractivity contribution in [2.75, 3.05) is 0 Å². The van der Waals surface area contributed by atoms with Gasteiger partial charge in [0.1, 0.15) is 0 Å². The number of allylic oxidation sites excluding steroid dienone is 1. The highest BCUT2D eigenvalue weighted by molar-refractivity contribution is 5.88. The molecule has 0 radical (unpaired) electrons. The molecule has 0 aliphatic carbocycles. The number of halogens is 1. The zero-order valence-corrected chi connectivity index (χ0v) is 5.12. The lowest BCUT2D eigenvalue weighted by atomic mass is 10.3. The van der Waals surface area contributed by atoms with Gasteiger partial charge in [-0.1, -0.05) is 13.5 Å². The summed E-state index contributed by atoms with van der Waals surface area (Å²) in [4.78, 5) is 10.1. The SMILES string of the molecule is C=CC(=O)CC.Cl. The number of ketones is 1. The summed E-state index contributed by atoms with van der Waals surface area (Å²) in [5.41, 5.74) is 0. The average molecular weight is 121 g/mol. The summed E-state index contributed by atoms with van der Waals surface area (Å²) < 4.78 is 0. The fourth-order valence-electron chi connectivity index (χ4n) is 0.144. The summed E-state index contributed by atoms with van der Waals surface area (Å²) >= 11 is 0. The molecule has 0 amide bonds. The summed E-state index contributed by atoms with van der Waals surface area (Å²) in [6, 6.07) is 0. The van der Waals surface area contributed by atoms with E-state index in [1.54, 1.807) is 0 Å². The molecule has 0 fully saturated rings. The Morgan fingerprint density at radius 3 is 2.29 bits per heavy atom. The third-order valence-electron chi connectivity index (χ3n) is 0.576. The zero-order chi connectivity index (χ0) is 4.99. The van der Waals surface area contributed by atoms with Crippen molar-refractivity contribution in [1.82, 2.24) is 0 Å². The van der Waals surface area contributed by atoms with E-state index in [0.717, 1.165) is 0 Å². The first-order valence-corrected chi connectivity index (χ1v) is 1.96. The molecule has 0 aromatic rings. The maximum absolute atomic E-state index is 10.1. The van der Waals surface area contributed by atoms with Crippen LogP contribution in [0.2, 0.25) is 0 Å². The topological polar surface area (TPSA) is 17.1 Å². The molecule has 0 saturated heterocycles. The third kappa shape index (κ3) is 5.70. The third-order valence-corrected chi connectivity index (χ3v) is 0.576. The minimum Gasteiger partial charge on any atom is -0.295 e. The second-order valence-corrected chi connectivity index (χ2v) is 1.02. The van der Waals surface area contributed by atoms with Gasteiger partial charge in [0.05, 0.1) is 0 Å². The maximum atomic E-state index is 10.1. The van der Waals surface area contributed by atoms with Gasteiger partial charge in [0.2, 0.25) is 0 Å². The van der Waals surface area contributed by atoms with Crippen LogP contribution in [0.25, 0.3) is 0 Å². The molecular weight excluding hydrogens is 112 g/mol. The molecule has 2 heteroatoms. The molecule has 0 aliphatic rings. The van der Waals surface area contributed by atoms with E-state index in [1.165, 1.54) is 6.08 Å². The second-order valence-electron chi connectivity index (χ2n) is 1.02. The van der Waals surface area contributed by atoms with Crippen LogP contribution in [0.1, 0.15) is 13.3 Å². The largest absolute Gasteiger partial charge is 0.295 e. The maximum Gasteiger partial charge on any atom is 0.154 e. The summed E-state index contributed by atoms with van der Waals surface area (Å²) in [5, 5.41) is 0. The summed E-state index contributed by atoms with van der Waals surface area (Å²) in [6.07, 6.45) is 1.91. The molecular formula is C5H9ClO. The molecule has 0 bridgehead atoms. The molecule has 0 saturated carbocycles. The van der Waals surface area contributed by atoms with Crippen LogP contribution >= 0.6 is 12.4 Å². The Kier molecular flexibility index (Phi) is 8.02. The summed E-state index contributed by atoms with van der Waals surface area (Å²) in [5.74, 6) is 0.106. The van der Waals surface area contributed by atoms with Gasteiger partial charge in [-0.25, -0.2) is 0 Å². The smallest absolute Gasteiger partial charge is 0.154 e. The van der Waals surface area contributed by atoms with Gasteiger partial charge in [0, 0.05) is 6.42 Å². The molecule has 0 aromatic heterocycles. The highest BCUT2D eigenvalue weighted by atomic mass is 35.5. The van der Waals surface area contributed by atoms with Gasteiger partial charge in [0.15, 0.2) is 5.78 Å². The van der Waals surface area contributed by atoms with E-state index in [4.69, 9.17) is 0 Å². The molecule has 1 nitrogen and oxygen atoms in total. The van der Waals surface area contributed by atoms with E-state index in [0.29, 0.717) is 6.42 Å². The molecule has 7 heavy (non-hydrogen) atoms. The number of hydrogen-bond acceptors (Lipinski definition) is 1. The fraction of sp³-hybridized carbons (Fsp3) is 0.400. The average Bonchev–Trinajstić information content (AvgIpc) is 1.65. The zero-order valence-electron chi connectivity index (χ0n) is 4.31. The van der Waals surface area contributed by atoms with Crippen LogP contribution < -0.4 is 0 Å². The predicted molar refractivity (Wildman–Crippen MR) is 32.7 cm³/mol. The van der Waals surface area contributed by atoms with Crippen molar-refractivity contribution in [2.45, 2.75) is 13.3 Å². The van der Waals surface area contributed by atoms with Crippen molar-refractivity contribution in [3.05, 3.63) is 12.7 Å². The highest BCUT2D eigenvalue weighted by Gasteiger charge is 1.81. The first kappa shape index (κ1) is 9.85. The monoisotopic (exact) mass is 120 g/mol. The van der Waals surface area contributed by atoms with Gasteiger partial charge in [0.25, 0.3) is 0 Å². The first-order chi connectivity index (χ1) is 2.81. The molecule has 0 spiro atoms. The molecule has 0 N–H and O–H groups in total. The fourth-order valence-corrected chi connectivity index (χ4v) is 0.144. The number of carbonyl (C=O) groups is 1. The number of carbonyl (C=O) groups excluding carboxylic acids is 1. The lowest BCUT2D eigenvalue weighted by Gasteiger charge is -1.75. The van der Waals surface area contributed by atoms with Gasteiger partial charge in [-0.2, -0.15) is 0 Å². The predicted octanol–water partition coefficient (Wildman–Crippen LogP) is 1.57. The van der Waals surface area contributed by atoms with Gasteiger partial charge in [-0.15, -0.1) is 12.4 Å². The van der Waals surface area contributed by atoms with Gasteiger partial charge in [-0.05, 0) is 6.08 Å². The minimum absolute atomic E-state index is 0. The van der Waals surface area contributed by atoms with Crippen LogP contribution in [-0.4, -0.2) is 5.78 Å². The normalized spacial score (nSPS) is 6.43. The van der Waals surface area contributed by atoms with Crippen LogP contribution in [0.15, 0.2) is 12.7 Å². The van der Waals surface area contributed by atoms with Crippen molar-refractivity contribution in [3.8, 4) is 0 Å². The Balaban J connectivity index is 0. The van der Waals surface area contributed by atoms with E-state index >= 15 is 0 Å². The van der Waals surface area contributed by atoms with Crippen LogP contribution in [-0.2, 0) is 4.79 Å². The molecule has 0 aliphatic heterocycles. The molecule has 42 valence electrons. The molecule has 0 rings (SSSR count). The summed E-state index contributed by atoms with van der Waals surface area (Å²) in [7, 11) is 0. The Morgan fingerprint density at radius 1 is 1.86 bits per heavy atom. The van der Waals surface area contributed by atoms with Gasteiger partial charge < -0.3 is 0 Å². The number of rotatable bonds is 2. The Hall–Kier alpha value is -0.300. The second kappa shape index (κ2) is 5.70. The standard InChI is InChI=1S/C5H8O.ClH/c1-3-5(6)4-2;/h3H,1,4H2,2H3;1H. The molecule has 0 aromatic carbocycles. The Morgan fingerprint density at radius 2 is 2.29 bits per heavy atom. The quantitative estimate of drug-likeness (QED) is 0.506. The van der Waals surface area contributed by atoms with Crippen molar-refractivity contribution in [2.24, 2.45) is 0 Å². The summed E-state index contributed by atoms with van der Waals surface area (Å²) in [6.45, 7) is 5.09. The van der Waals surface area contributed by atoms with Crippen LogP contribution in [0.5, 0.6) is 0 Å². The lowest BCUT2D eigenvalue weighted by molar-refractivity contribution is -0.114. The molecule has 0 atom stereocenters. The van der Waals surface area contributed by atoms with E-state index in [1.807, 2.05) is 6.92 Å². The molecule has 0 unspecified atom stereocenters. The highest BCUT2D eigenvalue weighted by Crippen LogP contribution is 1.76. The van der Waals surface area contributed by atoms with E-state index in [9.17, 15) is 4.79 Å². The van der Waals surface area contributed by atoms with E-state index in [2.05, 4.69) is 6.58 Å². The Labute approximate surface area is 49.8 Å². The van der Waals surface area contributed by atoms with Gasteiger partial charge in [-0.3, -0.25) is 4.79 Å². The molecule has 0 heterocycles. The van der Waals surface area contributed by atoms with Crippen LogP contribution in [0.3, 0.4) is 0 Å². The first-order valence-electron chi connectivity index (χ1n) is 1.96. The van der Waals surface area contributed by atoms with Crippen molar-refractivity contribution >= 4 is 18.2 Å². The Bertz CT molecular complexity index is 68.5. The van der Waals surface area contributed by atoms with Gasteiger partial charge >= 0.3 is 0 Å². The minimum atomic E-state index is 0. The lowest BCUT2D eigenvalue weighted by Crippen LogP contribution is -1.83. The van der Waals surface area contributed by atoms with E-state index < -0.39 is 0 Å². The van der Waals surface area contributed by atoms with Crippen molar-refractivity contribution < 1.29 is 4.79 Å². The van der Waals surface area contributed by atoms with E-state index in [-0.39, 0.29) is 18.2 Å².